The number of carbonyl (C=O) groups excluding carboxylic acids is 1. The highest BCUT2D eigenvalue weighted by Crippen LogP contribution is 2.25. The molecule has 0 aromatic carbocycles. The van der Waals surface area contributed by atoms with Gasteiger partial charge in [-0.3, -0.25) is 19.6 Å². The number of aromatic nitrogens is 3. The lowest BCUT2D eigenvalue weighted by atomic mass is 9.93. The molecule has 0 radical (unpaired) electrons. The van der Waals surface area contributed by atoms with Crippen molar-refractivity contribution in [2.75, 3.05) is 33.2 Å². The third-order valence-electron chi connectivity index (χ3n) is 6.35. The molecule has 0 saturated carbocycles. The molecule has 1 N–H and O–H groups in total. The number of pyridine rings is 1. The maximum absolute atomic E-state index is 13.0. The van der Waals surface area contributed by atoms with E-state index in [0.717, 1.165) is 51.4 Å². The summed E-state index contributed by atoms with van der Waals surface area (Å²) in [6.45, 7) is 5.84. The highest BCUT2D eigenvalue weighted by atomic mass is 16.2. The summed E-state index contributed by atoms with van der Waals surface area (Å²) in [5, 5.41) is 0. The highest BCUT2D eigenvalue weighted by Gasteiger charge is 2.32. The van der Waals surface area contributed by atoms with E-state index in [1.54, 1.807) is 12.4 Å². The standard InChI is InChI=1S/C22H32N6O/c1-26(17-21-24-10-11-25-21)22(29)19-3-2-12-28(16-19)20-6-13-27(14-7-20)15-18-4-8-23-9-5-18/h4-5,8-11,19-20H,2-3,6-7,12-17H2,1H3,(H,24,25)/t19-/m0/s1. The Kier molecular flexibility index (Phi) is 6.56. The van der Waals surface area contributed by atoms with Crippen molar-refractivity contribution in [2.45, 2.75) is 44.8 Å². The third-order valence-corrected chi connectivity index (χ3v) is 6.35. The lowest BCUT2D eigenvalue weighted by Crippen LogP contribution is -2.50. The second kappa shape index (κ2) is 9.50. The number of piperidine rings is 2. The van der Waals surface area contributed by atoms with Crippen molar-refractivity contribution in [2.24, 2.45) is 5.92 Å². The largest absolute Gasteiger partial charge is 0.347 e. The molecule has 1 amide bonds. The van der Waals surface area contributed by atoms with E-state index in [9.17, 15) is 4.79 Å². The minimum Gasteiger partial charge on any atom is -0.347 e. The number of hydrogen-bond acceptors (Lipinski definition) is 5. The molecule has 156 valence electrons. The van der Waals surface area contributed by atoms with Crippen LogP contribution in [0.1, 0.15) is 37.1 Å². The molecule has 0 bridgehead atoms. The van der Waals surface area contributed by atoms with Crippen LogP contribution in [-0.4, -0.2) is 74.8 Å². The van der Waals surface area contributed by atoms with Gasteiger partial charge in [-0.15, -0.1) is 0 Å². The van der Waals surface area contributed by atoms with Gasteiger partial charge in [-0.25, -0.2) is 4.98 Å². The van der Waals surface area contributed by atoms with Crippen molar-refractivity contribution in [3.8, 4) is 0 Å². The number of aromatic amines is 1. The van der Waals surface area contributed by atoms with Crippen LogP contribution in [0.25, 0.3) is 0 Å². The van der Waals surface area contributed by atoms with Gasteiger partial charge in [0, 0.05) is 51.0 Å². The normalized spacial score (nSPS) is 21.9. The van der Waals surface area contributed by atoms with Crippen LogP contribution >= 0.6 is 0 Å². The summed E-state index contributed by atoms with van der Waals surface area (Å²) in [5.74, 6) is 1.20. The van der Waals surface area contributed by atoms with Crippen LogP contribution in [0.4, 0.5) is 0 Å². The van der Waals surface area contributed by atoms with Gasteiger partial charge in [-0.05, 0) is 63.0 Å². The molecule has 7 nitrogen and oxygen atoms in total. The quantitative estimate of drug-likeness (QED) is 0.810. The summed E-state index contributed by atoms with van der Waals surface area (Å²) in [4.78, 5) is 31.3. The number of imidazole rings is 1. The fourth-order valence-electron chi connectivity index (χ4n) is 4.73. The molecule has 0 spiro atoms. The monoisotopic (exact) mass is 396 g/mol. The smallest absolute Gasteiger partial charge is 0.227 e. The van der Waals surface area contributed by atoms with Crippen LogP contribution in [0.2, 0.25) is 0 Å². The van der Waals surface area contributed by atoms with E-state index >= 15 is 0 Å². The second-order valence-electron chi connectivity index (χ2n) is 8.43. The van der Waals surface area contributed by atoms with Gasteiger partial charge in [0.15, 0.2) is 0 Å². The zero-order valence-corrected chi connectivity index (χ0v) is 17.3. The highest BCUT2D eigenvalue weighted by molar-refractivity contribution is 5.78. The number of nitrogens with zero attached hydrogens (tertiary/aromatic N) is 5. The van der Waals surface area contributed by atoms with Crippen molar-refractivity contribution >= 4 is 5.91 Å². The first-order valence-corrected chi connectivity index (χ1v) is 10.8. The van der Waals surface area contributed by atoms with Crippen LogP contribution in [0, 0.1) is 5.92 Å². The van der Waals surface area contributed by atoms with Crippen molar-refractivity contribution in [1.82, 2.24) is 29.7 Å². The SMILES string of the molecule is CN(Cc1ncc[nH]1)C(=O)[C@H]1CCCN(C2CCN(Cc3ccncc3)CC2)C1. The van der Waals surface area contributed by atoms with E-state index in [0.29, 0.717) is 12.6 Å². The van der Waals surface area contributed by atoms with E-state index in [4.69, 9.17) is 0 Å². The summed E-state index contributed by atoms with van der Waals surface area (Å²) in [7, 11) is 1.89. The molecule has 29 heavy (non-hydrogen) atoms. The van der Waals surface area contributed by atoms with E-state index in [2.05, 4.69) is 36.9 Å². The van der Waals surface area contributed by atoms with Gasteiger partial charge in [0.05, 0.1) is 12.5 Å². The Balaban J connectivity index is 1.26. The Morgan fingerprint density at radius 3 is 2.69 bits per heavy atom. The van der Waals surface area contributed by atoms with Gasteiger partial charge < -0.3 is 9.88 Å². The van der Waals surface area contributed by atoms with E-state index in [-0.39, 0.29) is 11.8 Å². The average Bonchev–Trinajstić information content (AvgIpc) is 3.27. The molecule has 2 aromatic rings. The number of rotatable bonds is 6. The number of amides is 1. The van der Waals surface area contributed by atoms with Gasteiger partial charge >= 0.3 is 0 Å². The molecule has 2 saturated heterocycles. The molecule has 0 unspecified atom stereocenters. The Morgan fingerprint density at radius 1 is 1.17 bits per heavy atom. The minimum atomic E-state index is 0.110. The predicted octanol–water partition coefficient (Wildman–Crippen LogP) is 2.14. The summed E-state index contributed by atoms with van der Waals surface area (Å²) in [6.07, 6.45) is 11.8. The van der Waals surface area contributed by atoms with Crippen molar-refractivity contribution in [1.29, 1.82) is 0 Å². The molecule has 4 heterocycles. The molecule has 0 aliphatic carbocycles. The Labute approximate surface area is 173 Å². The number of H-pyrrole nitrogens is 1. The maximum Gasteiger partial charge on any atom is 0.227 e. The van der Waals surface area contributed by atoms with Crippen molar-refractivity contribution in [3.63, 3.8) is 0 Å². The molecular formula is C22H32N6O. The molecule has 2 aromatic heterocycles. The van der Waals surface area contributed by atoms with Crippen LogP contribution in [0.5, 0.6) is 0 Å². The predicted molar refractivity (Wildman–Crippen MR) is 112 cm³/mol. The van der Waals surface area contributed by atoms with Gasteiger partial charge in [0.25, 0.3) is 0 Å². The first kappa shape index (κ1) is 20.0. The van der Waals surface area contributed by atoms with Crippen LogP contribution in [0.15, 0.2) is 36.9 Å². The second-order valence-corrected chi connectivity index (χ2v) is 8.43. The fourth-order valence-corrected chi connectivity index (χ4v) is 4.73. The number of carbonyl (C=O) groups is 1. The van der Waals surface area contributed by atoms with Crippen molar-refractivity contribution in [3.05, 3.63) is 48.3 Å². The summed E-state index contributed by atoms with van der Waals surface area (Å²) in [6, 6.07) is 4.81. The van der Waals surface area contributed by atoms with Crippen LogP contribution in [-0.2, 0) is 17.9 Å². The average molecular weight is 397 g/mol. The third kappa shape index (κ3) is 5.22. The molecule has 7 heteroatoms. The Hall–Kier alpha value is -2.25. The summed E-state index contributed by atoms with van der Waals surface area (Å²) >= 11 is 0. The minimum absolute atomic E-state index is 0.110. The molecule has 2 aliphatic rings. The number of hydrogen-bond donors (Lipinski definition) is 1. The Morgan fingerprint density at radius 2 is 1.97 bits per heavy atom. The number of nitrogens with one attached hydrogen (secondary N) is 1. The van der Waals surface area contributed by atoms with Gasteiger partial charge in [-0.2, -0.15) is 0 Å². The molecule has 1 atom stereocenters. The first-order chi connectivity index (χ1) is 14.2. The molecule has 4 rings (SSSR count). The van der Waals surface area contributed by atoms with Gasteiger partial charge in [0.2, 0.25) is 5.91 Å². The maximum atomic E-state index is 13.0. The zero-order chi connectivity index (χ0) is 20.1. The van der Waals surface area contributed by atoms with E-state index < -0.39 is 0 Å². The van der Waals surface area contributed by atoms with E-state index in [1.807, 2.05) is 24.3 Å². The molecule has 2 aliphatic heterocycles. The lowest BCUT2D eigenvalue weighted by molar-refractivity contribution is -0.137. The molecular weight excluding hydrogens is 364 g/mol. The molecule has 2 fully saturated rings. The van der Waals surface area contributed by atoms with E-state index in [1.165, 1.54) is 18.4 Å². The Bertz CT molecular complexity index is 757. The first-order valence-electron chi connectivity index (χ1n) is 10.8. The van der Waals surface area contributed by atoms with Crippen molar-refractivity contribution < 1.29 is 4.79 Å². The van der Waals surface area contributed by atoms with Crippen LogP contribution < -0.4 is 0 Å². The summed E-state index contributed by atoms with van der Waals surface area (Å²) in [5.41, 5.74) is 1.33. The van der Waals surface area contributed by atoms with Crippen LogP contribution in [0.3, 0.4) is 0 Å². The zero-order valence-electron chi connectivity index (χ0n) is 17.3. The lowest BCUT2D eigenvalue weighted by Gasteiger charge is -2.42. The number of likely N-dealkylation sites (tertiary alicyclic amines) is 2. The topological polar surface area (TPSA) is 68.4 Å². The van der Waals surface area contributed by atoms with Gasteiger partial charge in [-0.1, -0.05) is 0 Å². The summed E-state index contributed by atoms with van der Waals surface area (Å²) < 4.78 is 0. The fraction of sp³-hybridized carbons (Fsp3) is 0.591. The van der Waals surface area contributed by atoms with Gasteiger partial charge in [0.1, 0.15) is 5.82 Å².